The molecule has 0 aliphatic carbocycles. The average Bonchev–Trinajstić information content (AvgIpc) is 3.27. The Hall–Kier alpha value is -3.00. The van der Waals surface area contributed by atoms with E-state index in [2.05, 4.69) is 26.9 Å². The second kappa shape index (κ2) is 9.80. The highest BCUT2D eigenvalue weighted by atomic mass is 16.5. The van der Waals surface area contributed by atoms with Crippen LogP contribution in [0, 0.1) is 12.8 Å². The van der Waals surface area contributed by atoms with Crippen molar-refractivity contribution >= 4 is 17.7 Å². The summed E-state index contributed by atoms with van der Waals surface area (Å²) >= 11 is 0. The summed E-state index contributed by atoms with van der Waals surface area (Å²) in [5, 5.41) is 8.10. The minimum atomic E-state index is -0.0751. The number of nitrogens with one attached hydrogen (secondary N) is 1. The number of H-pyrrole nitrogens is 1. The van der Waals surface area contributed by atoms with Crippen molar-refractivity contribution in [2.24, 2.45) is 16.6 Å². The van der Waals surface area contributed by atoms with Gasteiger partial charge in [0.05, 0.1) is 17.6 Å². The van der Waals surface area contributed by atoms with E-state index in [0.29, 0.717) is 30.2 Å². The summed E-state index contributed by atoms with van der Waals surface area (Å²) in [5.41, 5.74) is 9.46. The Bertz CT molecular complexity index is 888. The molecule has 0 saturated carbocycles. The van der Waals surface area contributed by atoms with Crippen molar-refractivity contribution in [1.29, 1.82) is 0 Å². The molecule has 3 N–H and O–H groups in total. The maximum atomic E-state index is 12.2. The minimum Gasteiger partial charge on any atom is -0.385 e. The number of nitrogens with two attached hydrogens (primary N) is 1. The third-order valence-corrected chi connectivity index (χ3v) is 4.14. The topological polar surface area (TPSA) is 111 Å². The van der Waals surface area contributed by atoms with Crippen molar-refractivity contribution in [1.82, 2.24) is 20.0 Å². The van der Waals surface area contributed by atoms with Gasteiger partial charge in [0.15, 0.2) is 11.6 Å². The van der Waals surface area contributed by atoms with Crippen LogP contribution in [0.25, 0.3) is 6.08 Å². The van der Waals surface area contributed by atoms with E-state index in [0.717, 1.165) is 17.7 Å². The second-order valence-electron chi connectivity index (χ2n) is 6.77. The van der Waals surface area contributed by atoms with Gasteiger partial charge < -0.3 is 15.5 Å². The molecule has 0 radical (unpaired) electrons. The number of nitrogens with zero attached hydrogens (tertiary/aromatic N) is 4. The van der Waals surface area contributed by atoms with E-state index in [1.54, 1.807) is 24.1 Å². The van der Waals surface area contributed by atoms with Gasteiger partial charge in [0, 0.05) is 31.9 Å². The molecule has 2 rings (SSSR count). The number of carbonyl (C=O) groups excluding carboxylic acids is 1. The van der Waals surface area contributed by atoms with E-state index in [4.69, 9.17) is 10.5 Å². The van der Waals surface area contributed by atoms with Crippen LogP contribution in [-0.4, -0.2) is 45.3 Å². The number of aromatic nitrogens is 4. The standard InChI is InChI=1S/C20H28N6O2/c1-6-16(10-15-11-17(22-14(15)4)19(27)13(2)3)23-20(21)18-12-26(25-24-18)8-7-9-28-5/h6,10-13,22H,1,7-9H2,2-5H3,(H2,21,23)/b16-10+. The molecule has 0 bridgehead atoms. The lowest BCUT2D eigenvalue weighted by Gasteiger charge is -1.99. The SMILES string of the molecule is C=C/C(=C\c1cc(C(=O)C(C)C)[nH]c1C)N=C(N)c1cn(CCCOC)nn1. The molecule has 28 heavy (non-hydrogen) atoms. The Kier molecular flexibility index (Phi) is 7.45. The summed E-state index contributed by atoms with van der Waals surface area (Å²) < 4.78 is 6.73. The van der Waals surface area contributed by atoms with Gasteiger partial charge >= 0.3 is 0 Å². The van der Waals surface area contributed by atoms with Crippen LogP contribution < -0.4 is 5.73 Å². The molecule has 0 atom stereocenters. The Morgan fingerprint density at radius 3 is 2.89 bits per heavy atom. The molecule has 2 aromatic rings. The lowest BCUT2D eigenvalue weighted by molar-refractivity contribution is 0.0935. The maximum Gasteiger partial charge on any atom is 0.181 e. The fraction of sp³-hybridized carbons (Fsp3) is 0.400. The molecular formula is C20H28N6O2. The Labute approximate surface area is 165 Å². The molecule has 0 spiro atoms. The van der Waals surface area contributed by atoms with Crippen LogP contribution in [-0.2, 0) is 11.3 Å². The third-order valence-electron chi connectivity index (χ3n) is 4.14. The molecule has 150 valence electrons. The zero-order chi connectivity index (χ0) is 20.7. The average molecular weight is 384 g/mol. The van der Waals surface area contributed by atoms with Gasteiger partial charge in [-0.1, -0.05) is 25.6 Å². The van der Waals surface area contributed by atoms with Crippen LogP contribution in [0.3, 0.4) is 0 Å². The molecule has 0 amide bonds. The molecule has 0 saturated heterocycles. The number of Topliss-reactive ketones (excluding diaryl/α,β-unsaturated/α-hetero) is 1. The first-order chi connectivity index (χ1) is 13.3. The molecule has 0 aromatic carbocycles. The molecule has 0 aliphatic heterocycles. The van der Waals surface area contributed by atoms with E-state index in [1.165, 1.54) is 0 Å². The third kappa shape index (κ3) is 5.50. The number of ketones is 1. The number of ether oxygens (including phenoxy) is 1. The number of aryl methyl sites for hydroxylation is 2. The van der Waals surface area contributed by atoms with E-state index >= 15 is 0 Å². The van der Waals surface area contributed by atoms with Crippen LogP contribution in [0.15, 0.2) is 35.6 Å². The molecule has 0 fully saturated rings. The number of carbonyl (C=O) groups is 1. The van der Waals surface area contributed by atoms with E-state index < -0.39 is 0 Å². The maximum absolute atomic E-state index is 12.2. The van der Waals surface area contributed by atoms with Crippen LogP contribution in [0.4, 0.5) is 0 Å². The number of rotatable bonds is 10. The highest BCUT2D eigenvalue weighted by molar-refractivity contribution is 5.97. The summed E-state index contributed by atoms with van der Waals surface area (Å²) in [7, 11) is 1.66. The summed E-state index contributed by atoms with van der Waals surface area (Å²) in [4.78, 5) is 19.7. The molecule has 0 unspecified atom stereocenters. The van der Waals surface area contributed by atoms with Gasteiger partial charge in [-0.2, -0.15) is 0 Å². The highest BCUT2D eigenvalue weighted by Gasteiger charge is 2.14. The molecule has 8 heteroatoms. The summed E-state index contributed by atoms with van der Waals surface area (Å²) in [5.74, 6) is 0.237. The number of methoxy groups -OCH3 is 1. The van der Waals surface area contributed by atoms with Crippen molar-refractivity contribution in [3.05, 3.63) is 53.3 Å². The predicted molar refractivity (Wildman–Crippen MR) is 110 cm³/mol. The Balaban J connectivity index is 2.21. The van der Waals surface area contributed by atoms with E-state index in [9.17, 15) is 4.79 Å². The quantitative estimate of drug-likeness (QED) is 0.215. The van der Waals surface area contributed by atoms with Crippen LogP contribution in [0.5, 0.6) is 0 Å². The molecular weight excluding hydrogens is 356 g/mol. The number of amidine groups is 1. The Morgan fingerprint density at radius 2 is 2.25 bits per heavy atom. The summed E-state index contributed by atoms with van der Waals surface area (Å²) in [6.45, 7) is 10.8. The molecule has 8 nitrogen and oxygen atoms in total. The van der Waals surface area contributed by atoms with E-state index in [1.807, 2.05) is 32.9 Å². The van der Waals surface area contributed by atoms with Crippen molar-refractivity contribution in [3.8, 4) is 0 Å². The summed E-state index contributed by atoms with van der Waals surface area (Å²) in [6, 6.07) is 1.82. The lowest BCUT2D eigenvalue weighted by atomic mass is 10.1. The van der Waals surface area contributed by atoms with Crippen LogP contribution >= 0.6 is 0 Å². The number of hydrogen-bond acceptors (Lipinski definition) is 5. The van der Waals surface area contributed by atoms with Crippen molar-refractivity contribution in [3.63, 3.8) is 0 Å². The highest BCUT2D eigenvalue weighted by Crippen LogP contribution is 2.18. The minimum absolute atomic E-state index is 0.0657. The van der Waals surface area contributed by atoms with Gasteiger partial charge in [0.1, 0.15) is 5.69 Å². The van der Waals surface area contributed by atoms with Gasteiger partial charge in [0.2, 0.25) is 0 Å². The zero-order valence-corrected chi connectivity index (χ0v) is 16.9. The largest absolute Gasteiger partial charge is 0.385 e. The first-order valence-electron chi connectivity index (χ1n) is 9.17. The fourth-order valence-electron chi connectivity index (χ4n) is 2.56. The van der Waals surface area contributed by atoms with Gasteiger partial charge in [-0.25, -0.2) is 4.99 Å². The molecule has 2 heterocycles. The first kappa shape index (κ1) is 21.3. The van der Waals surface area contributed by atoms with Crippen LogP contribution in [0.1, 0.15) is 47.7 Å². The fourth-order valence-corrected chi connectivity index (χ4v) is 2.56. The zero-order valence-electron chi connectivity index (χ0n) is 16.9. The summed E-state index contributed by atoms with van der Waals surface area (Å²) in [6.07, 6.45) is 6.01. The molecule has 2 aromatic heterocycles. The van der Waals surface area contributed by atoms with E-state index in [-0.39, 0.29) is 17.5 Å². The van der Waals surface area contributed by atoms with Crippen molar-refractivity contribution in [2.45, 2.75) is 33.7 Å². The predicted octanol–water partition coefficient (Wildman–Crippen LogP) is 2.72. The van der Waals surface area contributed by atoms with Gasteiger partial charge in [0.25, 0.3) is 0 Å². The number of allylic oxidation sites excluding steroid dienone is 1. The Morgan fingerprint density at radius 1 is 1.50 bits per heavy atom. The molecule has 0 aliphatic rings. The lowest BCUT2D eigenvalue weighted by Crippen LogP contribution is -2.14. The first-order valence-corrected chi connectivity index (χ1v) is 9.17. The second-order valence-corrected chi connectivity index (χ2v) is 6.77. The van der Waals surface area contributed by atoms with Crippen molar-refractivity contribution in [2.75, 3.05) is 13.7 Å². The number of aliphatic imine (C=N–C) groups is 1. The monoisotopic (exact) mass is 384 g/mol. The van der Waals surface area contributed by atoms with Crippen molar-refractivity contribution < 1.29 is 9.53 Å². The smallest absolute Gasteiger partial charge is 0.181 e. The number of hydrogen-bond donors (Lipinski definition) is 2. The normalized spacial score (nSPS) is 12.6. The van der Waals surface area contributed by atoms with Gasteiger partial charge in [-0.3, -0.25) is 9.48 Å². The van der Waals surface area contributed by atoms with Crippen LogP contribution in [0.2, 0.25) is 0 Å². The number of aromatic amines is 1. The van der Waals surface area contributed by atoms with Gasteiger partial charge in [-0.05, 0) is 37.1 Å². The van der Waals surface area contributed by atoms with Gasteiger partial charge in [-0.15, -0.1) is 5.10 Å².